The van der Waals surface area contributed by atoms with E-state index in [1.165, 1.54) is 22.3 Å². The van der Waals surface area contributed by atoms with Crippen LogP contribution in [-0.4, -0.2) is 7.05 Å². The Labute approximate surface area is 121 Å². The first-order valence-electron chi connectivity index (χ1n) is 6.95. The van der Waals surface area contributed by atoms with E-state index >= 15 is 0 Å². The van der Waals surface area contributed by atoms with E-state index in [2.05, 4.69) is 66.9 Å². The molecule has 0 saturated carbocycles. The van der Waals surface area contributed by atoms with Crippen LogP contribution in [0.5, 0.6) is 0 Å². The van der Waals surface area contributed by atoms with Gasteiger partial charge in [-0.2, -0.15) is 0 Å². The maximum Gasteiger partial charge on any atom is 0.00277 e. The van der Waals surface area contributed by atoms with Gasteiger partial charge in [0.2, 0.25) is 0 Å². The van der Waals surface area contributed by atoms with Gasteiger partial charge in [-0.25, -0.2) is 0 Å². The normalized spacial score (nSPS) is 11.3. The molecule has 0 aliphatic carbocycles. The molecule has 20 heavy (non-hydrogen) atoms. The predicted octanol–water partition coefficient (Wildman–Crippen LogP) is 4.49. The molecule has 0 aliphatic heterocycles. The van der Waals surface area contributed by atoms with Crippen LogP contribution >= 0.6 is 0 Å². The predicted molar refractivity (Wildman–Crippen MR) is 87.7 cm³/mol. The highest BCUT2D eigenvalue weighted by Gasteiger charge is 2.00. The lowest BCUT2D eigenvalue weighted by Crippen LogP contribution is -1.90. The lowest BCUT2D eigenvalue weighted by Gasteiger charge is -2.07. The van der Waals surface area contributed by atoms with E-state index < -0.39 is 0 Å². The molecule has 1 nitrogen and oxygen atoms in total. The summed E-state index contributed by atoms with van der Waals surface area (Å²) in [5.41, 5.74) is 5.27. The van der Waals surface area contributed by atoms with Crippen molar-refractivity contribution < 1.29 is 0 Å². The fourth-order valence-electron chi connectivity index (χ4n) is 2.16. The molecule has 0 atom stereocenters. The van der Waals surface area contributed by atoms with Crippen LogP contribution in [0.15, 0.2) is 73.0 Å². The third kappa shape index (κ3) is 3.86. The van der Waals surface area contributed by atoms with E-state index in [0.717, 1.165) is 6.42 Å². The summed E-state index contributed by atoms with van der Waals surface area (Å²) < 4.78 is 0. The van der Waals surface area contributed by atoms with E-state index in [9.17, 15) is 0 Å². The van der Waals surface area contributed by atoms with Crippen LogP contribution < -0.4 is 5.32 Å². The average molecular weight is 263 g/mol. The van der Waals surface area contributed by atoms with Crippen molar-refractivity contribution in [2.45, 2.75) is 13.3 Å². The van der Waals surface area contributed by atoms with Crippen LogP contribution in [0.3, 0.4) is 0 Å². The zero-order valence-corrected chi connectivity index (χ0v) is 12.1. The molecule has 0 aromatic heterocycles. The number of allylic oxidation sites excluding steroid dienone is 3. The largest absolute Gasteiger partial charge is 0.394 e. The Morgan fingerprint density at radius 3 is 2.45 bits per heavy atom. The summed E-state index contributed by atoms with van der Waals surface area (Å²) in [5, 5.41) is 2.97. The molecule has 0 radical (unpaired) electrons. The summed E-state index contributed by atoms with van der Waals surface area (Å²) in [7, 11) is 1.90. The van der Waals surface area contributed by atoms with Crippen molar-refractivity contribution in [3.8, 4) is 11.1 Å². The van der Waals surface area contributed by atoms with Gasteiger partial charge in [0.1, 0.15) is 0 Å². The van der Waals surface area contributed by atoms with Gasteiger partial charge in [-0.1, -0.05) is 60.7 Å². The summed E-state index contributed by atoms with van der Waals surface area (Å²) in [5.74, 6) is 0. The molecule has 0 saturated heterocycles. The minimum absolute atomic E-state index is 0.967. The summed E-state index contributed by atoms with van der Waals surface area (Å²) >= 11 is 0. The number of benzene rings is 2. The van der Waals surface area contributed by atoms with E-state index in [-0.39, 0.29) is 0 Å². The van der Waals surface area contributed by atoms with Gasteiger partial charge in [0.15, 0.2) is 0 Å². The van der Waals surface area contributed by atoms with E-state index in [1.807, 2.05) is 25.4 Å². The lowest BCUT2D eigenvalue weighted by molar-refractivity contribution is 1.10. The van der Waals surface area contributed by atoms with Crippen molar-refractivity contribution in [2.75, 3.05) is 7.05 Å². The zero-order valence-electron chi connectivity index (χ0n) is 12.1. The van der Waals surface area contributed by atoms with Crippen LogP contribution in [-0.2, 0) is 6.42 Å². The molecule has 0 spiro atoms. The minimum Gasteiger partial charge on any atom is -0.394 e. The van der Waals surface area contributed by atoms with E-state index in [1.54, 1.807) is 0 Å². The lowest BCUT2D eigenvalue weighted by atomic mass is 9.98. The van der Waals surface area contributed by atoms with Crippen LogP contribution in [0.25, 0.3) is 11.1 Å². The molecule has 0 unspecified atom stereocenters. The van der Waals surface area contributed by atoms with Crippen LogP contribution in [0.2, 0.25) is 0 Å². The van der Waals surface area contributed by atoms with Gasteiger partial charge in [0.25, 0.3) is 0 Å². The van der Waals surface area contributed by atoms with Gasteiger partial charge < -0.3 is 5.32 Å². The van der Waals surface area contributed by atoms with Crippen molar-refractivity contribution >= 4 is 0 Å². The fraction of sp³-hybridized carbons (Fsp3) is 0.158. The molecule has 0 bridgehead atoms. The third-order valence-corrected chi connectivity index (χ3v) is 3.30. The Morgan fingerprint density at radius 1 is 0.950 bits per heavy atom. The Hall–Kier alpha value is -2.28. The quantitative estimate of drug-likeness (QED) is 0.783. The first kappa shape index (κ1) is 14.1. The van der Waals surface area contributed by atoms with Gasteiger partial charge in [0, 0.05) is 7.05 Å². The monoisotopic (exact) mass is 263 g/mol. The average Bonchev–Trinajstić information content (AvgIpc) is 2.49. The molecule has 0 amide bonds. The number of hydrogen-bond donors (Lipinski definition) is 1. The highest BCUT2D eigenvalue weighted by Crippen LogP contribution is 2.22. The van der Waals surface area contributed by atoms with Crippen molar-refractivity contribution in [1.29, 1.82) is 0 Å². The molecule has 2 aromatic carbocycles. The molecular weight excluding hydrogens is 242 g/mol. The molecule has 0 fully saturated rings. The smallest absolute Gasteiger partial charge is 0.00277 e. The number of hydrogen-bond acceptors (Lipinski definition) is 1. The second kappa shape index (κ2) is 7.34. The Kier molecular flexibility index (Phi) is 5.19. The van der Waals surface area contributed by atoms with Crippen LogP contribution in [0.4, 0.5) is 0 Å². The molecule has 0 heterocycles. The maximum atomic E-state index is 2.97. The highest BCUT2D eigenvalue weighted by molar-refractivity contribution is 5.64. The van der Waals surface area contributed by atoms with Crippen molar-refractivity contribution in [3.63, 3.8) is 0 Å². The van der Waals surface area contributed by atoms with E-state index in [0.29, 0.717) is 0 Å². The van der Waals surface area contributed by atoms with Gasteiger partial charge in [-0.15, -0.1) is 0 Å². The van der Waals surface area contributed by atoms with Crippen LogP contribution in [0, 0.1) is 6.92 Å². The van der Waals surface area contributed by atoms with E-state index in [4.69, 9.17) is 0 Å². The molecule has 0 aliphatic rings. The summed E-state index contributed by atoms with van der Waals surface area (Å²) in [6.45, 7) is 2.18. The highest BCUT2D eigenvalue weighted by atomic mass is 14.8. The Morgan fingerprint density at radius 2 is 1.75 bits per heavy atom. The van der Waals surface area contributed by atoms with Crippen molar-refractivity contribution in [3.05, 3.63) is 84.1 Å². The number of rotatable bonds is 5. The first-order chi connectivity index (χ1) is 9.81. The number of nitrogens with one attached hydrogen (secondary N) is 1. The summed E-state index contributed by atoms with van der Waals surface area (Å²) in [6, 6.07) is 17.2. The summed E-state index contributed by atoms with van der Waals surface area (Å²) in [4.78, 5) is 0. The van der Waals surface area contributed by atoms with Crippen LogP contribution in [0.1, 0.15) is 11.1 Å². The Bertz CT molecular complexity index is 594. The SMILES string of the molecule is CN/C=C\C=C/Cc1ccc(-c2ccccc2)cc1C. The van der Waals surface area contributed by atoms with Crippen molar-refractivity contribution in [2.24, 2.45) is 0 Å². The minimum atomic E-state index is 0.967. The van der Waals surface area contributed by atoms with Gasteiger partial charge in [-0.05, 0) is 47.9 Å². The third-order valence-electron chi connectivity index (χ3n) is 3.30. The molecule has 2 aromatic rings. The molecule has 102 valence electrons. The Balaban J connectivity index is 2.10. The van der Waals surface area contributed by atoms with Crippen molar-refractivity contribution in [1.82, 2.24) is 5.32 Å². The topological polar surface area (TPSA) is 12.0 Å². The fourth-order valence-corrected chi connectivity index (χ4v) is 2.16. The molecular formula is C19H21N. The molecule has 1 N–H and O–H groups in total. The first-order valence-corrected chi connectivity index (χ1v) is 6.95. The molecule has 1 heteroatoms. The second-order valence-corrected chi connectivity index (χ2v) is 4.79. The molecule has 2 rings (SSSR count). The maximum absolute atomic E-state index is 2.97. The zero-order chi connectivity index (χ0) is 14.2. The van der Waals surface area contributed by atoms with Gasteiger partial charge >= 0.3 is 0 Å². The van der Waals surface area contributed by atoms with Gasteiger partial charge in [0.05, 0.1) is 0 Å². The standard InChI is InChI=1S/C19H21N/c1-16-15-19(18-10-5-3-6-11-18)13-12-17(16)9-7-4-8-14-20-2/h3-8,10-15,20H,9H2,1-2H3/b7-4-,14-8-. The van der Waals surface area contributed by atoms with Gasteiger partial charge in [-0.3, -0.25) is 0 Å². The second-order valence-electron chi connectivity index (χ2n) is 4.79. The number of aryl methyl sites for hydroxylation is 1. The summed E-state index contributed by atoms with van der Waals surface area (Å²) in [6.07, 6.45) is 9.14.